The number of aromatic nitrogens is 1. The molecule has 0 bridgehead atoms. The van der Waals surface area contributed by atoms with Crippen LogP contribution in [0.4, 0.5) is 10.5 Å². The molecule has 1 aliphatic heterocycles. The number of methoxy groups -OCH3 is 1. The molecule has 5 rings (SSSR count). The van der Waals surface area contributed by atoms with Crippen molar-refractivity contribution in [2.24, 2.45) is 0 Å². The summed E-state index contributed by atoms with van der Waals surface area (Å²) >= 11 is 0. The van der Waals surface area contributed by atoms with Crippen molar-refractivity contribution in [3.8, 4) is 16.9 Å². The molecule has 1 aromatic heterocycles. The standard InChI is InChI=1S/C42H46N4O6/c1-26-20-32(25-47)38(51-7)21-31(26)16-15-30-10-8-11-34(27(30)2)35-12-9-13-36(28(35)3)45-40(49)37-18-14-29(22-43-37)23-46(41(50)52-42(4,5)6)24-33-17-19-39(48)44-33/h8-16,18,20-22,25,33H,17,19,23-24H2,1-7H3,(H,44,48)(H,45,49)/b16-15+/t33-/m0/s1. The van der Waals surface area contributed by atoms with E-state index in [1.54, 1.807) is 51.1 Å². The Morgan fingerprint density at radius 1 is 0.962 bits per heavy atom. The number of hydrogen-bond donors (Lipinski definition) is 2. The number of aldehydes is 1. The van der Waals surface area contributed by atoms with Gasteiger partial charge >= 0.3 is 6.09 Å². The van der Waals surface area contributed by atoms with Crippen LogP contribution in [-0.4, -0.2) is 59.4 Å². The normalized spacial score (nSPS) is 14.2. The third-order valence-electron chi connectivity index (χ3n) is 9.04. The summed E-state index contributed by atoms with van der Waals surface area (Å²) in [5, 5.41) is 5.93. The van der Waals surface area contributed by atoms with E-state index in [0.717, 1.165) is 50.8 Å². The number of amides is 3. The van der Waals surface area contributed by atoms with Gasteiger partial charge in [-0.05, 0) is 117 Å². The zero-order valence-electron chi connectivity index (χ0n) is 30.8. The van der Waals surface area contributed by atoms with E-state index in [1.165, 1.54) is 0 Å². The Morgan fingerprint density at radius 2 is 1.67 bits per heavy atom. The van der Waals surface area contributed by atoms with Gasteiger partial charge in [0.15, 0.2) is 6.29 Å². The van der Waals surface area contributed by atoms with Crippen LogP contribution in [0.15, 0.2) is 66.9 Å². The van der Waals surface area contributed by atoms with Crippen LogP contribution in [0.1, 0.15) is 87.8 Å². The summed E-state index contributed by atoms with van der Waals surface area (Å²) < 4.78 is 11.0. The lowest BCUT2D eigenvalue weighted by Gasteiger charge is -2.29. The third-order valence-corrected chi connectivity index (χ3v) is 9.04. The second-order valence-electron chi connectivity index (χ2n) is 14.1. The number of hydrogen-bond acceptors (Lipinski definition) is 7. The van der Waals surface area contributed by atoms with Crippen molar-refractivity contribution < 1.29 is 28.7 Å². The number of nitrogens with one attached hydrogen (secondary N) is 2. The van der Waals surface area contributed by atoms with Crippen molar-refractivity contribution in [1.82, 2.24) is 15.2 Å². The molecule has 4 aromatic rings. The van der Waals surface area contributed by atoms with Crippen LogP contribution in [0.2, 0.25) is 0 Å². The van der Waals surface area contributed by atoms with E-state index in [1.807, 2.05) is 56.3 Å². The summed E-state index contributed by atoms with van der Waals surface area (Å²) in [5.41, 5.74) is 8.43. The first kappa shape index (κ1) is 37.5. The number of ether oxygens (including phenoxy) is 2. The lowest BCUT2D eigenvalue weighted by atomic mass is 9.92. The van der Waals surface area contributed by atoms with Gasteiger partial charge in [-0.1, -0.05) is 48.6 Å². The number of rotatable bonds is 11. The number of nitrogens with zero attached hydrogens (tertiary/aromatic N) is 2. The van der Waals surface area contributed by atoms with Crippen molar-refractivity contribution in [2.75, 3.05) is 19.0 Å². The predicted molar refractivity (Wildman–Crippen MR) is 203 cm³/mol. The minimum atomic E-state index is -0.677. The molecule has 0 spiro atoms. The molecule has 1 aliphatic rings. The molecule has 2 N–H and O–H groups in total. The fourth-order valence-electron chi connectivity index (χ4n) is 6.21. The van der Waals surface area contributed by atoms with Crippen LogP contribution >= 0.6 is 0 Å². The topological polar surface area (TPSA) is 127 Å². The average Bonchev–Trinajstić information content (AvgIpc) is 3.52. The van der Waals surface area contributed by atoms with Crippen molar-refractivity contribution in [2.45, 2.75) is 72.6 Å². The first-order valence-electron chi connectivity index (χ1n) is 17.3. The summed E-state index contributed by atoms with van der Waals surface area (Å²) in [6, 6.07) is 18.9. The number of pyridine rings is 1. The van der Waals surface area contributed by atoms with E-state index < -0.39 is 11.7 Å². The molecule has 0 unspecified atom stereocenters. The fourth-order valence-corrected chi connectivity index (χ4v) is 6.21. The molecular formula is C42H46N4O6. The van der Waals surface area contributed by atoms with Crippen LogP contribution in [0.5, 0.6) is 5.75 Å². The van der Waals surface area contributed by atoms with Gasteiger partial charge in [0.05, 0.1) is 19.2 Å². The van der Waals surface area contributed by atoms with E-state index >= 15 is 0 Å². The van der Waals surface area contributed by atoms with E-state index in [9.17, 15) is 19.2 Å². The van der Waals surface area contributed by atoms with Crippen LogP contribution < -0.4 is 15.4 Å². The van der Waals surface area contributed by atoms with Crippen LogP contribution in [0.25, 0.3) is 23.3 Å². The Hall–Kier alpha value is -5.77. The lowest BCUT2D eigenvalue weighted by Crippen LogP contribution is -2.43. The average molecular weight is 703 g/mol. The van der Waals surface area contributed by atoms with Crippen molar-refractivity contribution in [3.05, 3.63) is 111 Å². The first-order chi connectivity index (χ1) is 24.8. The van der Waals surface area contributed by atoms with Crippen molar-refractivity contribution >= 4 is 42.0 Å². The summed E-state index contributed by atoms with van der Waals surface area (Å²) in [7, 11) is 1.55. The zero-order valence-corrected chi connectivity index (χ0v) is 30.8. The Morgan fingerprint density at radius 3 is 2.31 bits per heavy atom. The van der Waals surface area contributed by atoms with Gasteiger partial charge in [0.2, 0.25) is 5.91 Å². The molecule has 1 fully saturated rings. The fraction of sp³-hybridized carbons (Fsp3) is 0.310. The number of anilines is 1. The van der Waals surface area contributed by atoms with Gasteiger partial charge in [-0.3, -0.25) is 19.4 Å². The SMILES string of the molecule is COc1cc(/C=C/c2cccc(-c3cccc(NC(=O)c4ccc(CN(C[C@@H]5CCC(=O)N5)C(=O)OC(C)(C)C)cn4)c3C)c2C)c(C)cc1C=O. The van der Waals surface area contributed by atoms with Gasteiger partial charge < -0.3 is 25.0 Å². The smallest absolute Gasteiger partial charge is 0.410 e. The molecule has 270 valence electrons. The van der Waals surface area contributed by atoms with Crippen LogP contribution in [-0.2, 0) is 16.1 Å². The highest BCUT2D eigenvalue weighted by Crippen LogP contribution is 2.33. The second-order valence-corrected chi connectivity index (χ2v) is 14.1. The maximum atomic E-state index is 13.4. The Balaban J connectivity index is 1.31. The monoisotopic (exact) mass is 702 g/mol. The second kappa shape index (κ2) is 16.1. The molecule has 0 radical (unpaired) electrons. The third kappa shape index (κ3) is 9.11. The van der Waals surface area contributed by atoms with E-state index in [2.05, 4.69) is 40.8 Å². The molecule has 10 nitrogen and oxygen atoms in total. The van der Waals surface area contributed by atoms with Crippen LogP contribution in [0, 0.1) is 20.8 Å². The van der Waals surface area contributed by atoms with Crippen LogP contribution in [0.3, 0.4) is 0 Å². The molecule has 52 heavy (non-hydrogen) atoms. The number of carbonyl (C=O) groups is 4. The molecule has 0 saturated carbocycles. The minimum absolute atomic E-state index is 0.0279. The number of aryl methyl sites for hydroxylation is 1. The minimum Gasteiger partial charge on any atom is -0.496 e. The van der Waals surface area contributed by atoms with Gasteiger partial charge in [0, 0.05) is 30.9 Å². The molecule has 1 atom stereocenters. The summed E-state index contributed by atoms with van der Waals surface area (Å²) in [4.78, 5) is 55.6. The zero-order chi connectivity index (χ0) is 37.6. The molecule has 3 amide bonds. The summed E-state index contributed by atoms with van der Waals surface area (Å²) in [5.74, 6) is 0.146. The molecular weight excluding hydrogens is 656 g/mol. The van der Waals surface area contributed by atoms with Gasteiger partial charge in [-0.2, -0.15) is 0 Å². The molecule has 0 aliphatic carbocycles. The highest BCUT2D eigenvalue weighted by Gasteiger charge is 2.28. The Kier molecular flexibility index (Phi) is 11.6. The van der Waals surface area contributed by atoms with E-state index in [4.69, 9.17) is 9.47 Å². The van der Waals surface area contributed by atoms with Gasteiger partial charge in [0.25, 0.3) is 5.91 Å². The summed E-state index contributed by atoms with van der Waals surface area (Å²) in [6.45, 7) is 12.0. The quantitative estimate of drug-likeness (QED) is 0.120. The van der Waals surface area contributed by atoms with Gasteiger partial charge in [0.1, 0.15) is 17.0 Å². The Labute approximate surface area is 305 Å². The molecule has 1 saturated heterocycles. The van der Waals surface area contributed by atoms with Crippen molar-refractivity contribution in [1.29, 1.82) is 0 Å². The number of benzene rings is 3. The maximum absolute atomic E-state index is 13.4. The highest BCUT2D eigenvalue weighted by atomic mass is 16.6. The largest absolute Gasteiger partial charge is 0.496 e. The van der Waals surface area contributed by atoms with E-state index in [-0.39, 0.29) is 30.1 Å². The molecule has 3 aromatic carbocycles. The molecule has 10 heteroatoms. The van der Waals surface area contributed by atoms with Gasteiger partial charge in [-0.15, -0.1) is 0 Å². The molecule has 2 heterocycles. The summed E-state index contributed by atoms with van der Waals surface area (Å²) in [6.07, 6.45) is 7.04. The van der Waals surface area contributed by atoms with E-state index in [0.29, 0.717) is 36.4 Å². The number of carbonyl (C=O) groups excluding carboxylic acids is 4. The predicted octanol–water partition coefficient (Wildman–Crippen LogP) is 7.93. The van der Waals surface area contributed by atoms with Crippen molar-refractivity contribution in [3.63, 3.8) is 0 Å². The maximum Gasteiger partial charge on any atom is 0.410 e. The lowest BCUT2D eigenvalue weighted by molar-refractivity contribution is -0.119. The Bertz CT molecular complexity index is 2010. The first-order valence-corrected chi connectivity index (χ1v) is 17.3. The van der Waals surface area contributed by atoms with Gasteiger partial charge in [-0.25, -0.2) is 4.79 Å². The highest BCUT2D eigenvalue weighted by molar-refractivity contribution is 6.04.